The van der Waals surface area contributed by atoms with Crippen molar-refractivity contribution in [2.45, 2.75) is 12.1 Å². The number of rotatable bonds is 5. The van der Waals surface area contributed by atoms with Crippen LogP contribution < -0.4 is 5.32 Å². The van der Waals surface area contributed by atoms with Crippen LogP contribution in [0.1, 0.15) is 5.56 Å². The summed E-state index contributed by atoms with van der Waals surface area (Å²) in [5, 5.41) is 11.9. The number of thioether (sulfide) groups is 1. The first-order valence-electron chi connectivity index (χ1n) is 7.54. The van der Waals surface area contributed by atoms with Crippen molar-refractivity contribution in [2.75, 3.05) is 11.1 Å². The standard InChI is InChI=1S/C17H16BrN5OS/c1-11-5-3-4-6-13(11)16-21-22-17(23(16)2)25-10-15(24)20-14-8-7-12(18)9-19-14/h3-9H,10H2,1-2H3,(H,19,20,24). The number of carbonyl (C=O) groups is 1. The summed E-state index contributed by atoms with van der Waals surface area (Å²) in [6.07, 6.45) is 1.64. The molecule has 0 bridgehead atoms. The molecule has 6 nitrogen and oxygen atoms in total. The smallest absolute Gasteiger partial charge is 0.236 e. The molecule has 0 aliphatic heterocycles. The molecule has 0 aliphatic rings. The summed E-state index contributed by atoms with van der Waals surface area (Å²) >= 11 is 4.65. The molecule has 8 heteroatoms. The van der Waals surface area contributed by atoms with Gasteiger partial charge in [-0.25, -0.2) is 4.98 Å². The maximum absolute atomic E-state index is 12.1. The van der Waals surface area contributed by atoms with E-state index in [1.54, 1.807) is 12.3 Å². The van der Waals surface area contributed by atoms with Gasteiger partial charge in [-0.2, -0.15) is 0 Å². The Hall–Kier alpha value is -2.19. The maximum atomic E-state index is 12.1. The van der Waals surface area contributed by atoms with E-state index in [-0.39, 0.29) is 11.7 Å². The first kappa shape index (κ1) is 17.6. The Morgan fingerprint density at radius 3 is 2.76 bits per heavy atom. The molecule has 0 radical (unpaired) electrons. The van der Waals surface area contributed by atoms with Crippen LogP contribution in [0.15, 0.2) is 52.2 Å². The fraction of sp³-hybridized carbons (Fsp3) is 0.176. The number of hydrogen-bond donors (Lipinski definition) is 1. The summed E-state index contributed by atoms with van der Waals surface area (Å²) in [5.74, 6) is 1.40. The third-order valence-corrected chi connectivity index (χ3v) is 5.04. The lowest BCUT2D eigenvalue weighted by Gasteiger charge is -2.06. The summed E-state index contributed by atoms with van der Waals surface area (Å²) < 4.78 is 2.76. The van der Waals surface area contributed by atoms with Gasteiger partial charge >= 0.3 is 0 Å². The molecule has 0 fully saturated rings. The average Bonchev–Trinajstić information content (AvgIpc) is 2.96. The van der Waals surface area contributed by atoms with Crippen molar-refractivity contribution >= 4 is 39.4 Å². The molecule has 2 aromatic heterocycles. The van der Waals surface area contributed by atoms with Gasteiger partial charge < -0.3 is 9.88 Å². The molecule has 3 aromatic rings. The largest absolute Gasteiger partial charge is 0.310 e. The number of halogens is 1. The van der Waals surface area contributed by atoms with E-state index in [1.807, 2.05) is 48.9 Å². The van der Waals surface area contributed by atoms with E-state index in [1.165, 1.54) is 11.8 Å². The zero-order chi connectivity index (χ0) is 17.8. The molecule has 0 atom stereocenters. The fourth-order valence-electron chi connectivity index (χ4n) is 2.26. The monoisotopic (exact) mass is 417 g/mol. The van der Waals surface area contributed by atoms with Gasteiger partial charge in [0.15, 0.2) is 11.0 Å². The highest BCUT2D eigenvalue weighted by Gasteiger charge is 2.14. The first-order chi connectivity index (χ1) is 12.0. The van der Waals surface area contributed by atoms with Gasteiger partial charge in [0.25, 0.3) is 0 Å². The van der Waals surface area contributed by atoms with Gasteiger partial charge in [-0.15, -0.1) is 10.2 Å². The molecule has 0 unspecified atom stereocenters. The molecule has 0 spiro atoms. The van der Waals surface area contributed by atoms with Crippen LogP contribution in [0.4, 0.5) is 5.82 Å². The second-order valence-corrected chi connectivity index (χ2v) is 7.24. The molecular weight excluding hydrogens is 402 g/mol. The number of hydrogen-bond acceptors (Lipinski definition) is 5. The van der Waals surface area contributed by atoms with E-state index in [0.29, 0.717) is 11.0 Å². The van der Waals surface area contributed by atoms with Crippen molar-refractivity contribution in [1.82, 2.24) is 19.7 Å². The average molecular weight is 418 g/mol. The van der Waals surface area contributed by atoms with Crippen LogP contribution in [0.3, 0.4) is 0 Å². The van der Waals surface area contributed by atoms with Gasteiger partial charge in [0, 0.05) is 23.3 Å². The Bertz CT molecular complexity index is 894. The van der Waals surface area contributed by atoms with E-state index >= 15 is 0 Å². The van der Waals surface area contributed by atoms with E-state index in [0.717, 1.165) is 21.4 Å². The van der Waals surface area contributed by atoms with Gasteiger partial charge in [-0.1, -0.05) is 36.0 Å². The normalized spacial score (nSPS) is 10.7. The lowest BCUT2D eigenvalue weighted by Crippen LogP contribution is -2.15. The highest BCUT2D eigenvalue weighted by atomic mass is 79.9. The minimum atomic E-state index is -0.139. The summed E-state index contributed by atoms with van der Waals surface area (Å²) in [6, 6.07) is 11.6. The number of benzene rings is 1. The van der Waals surface area contributed by atoms with Crippen LogP contribution in [-0.4, -0.2) is 31.4 Å². The highest BCUT2D eigenvalue weighted by molar-refractivity contribution is 9.10. The Labute approximate surface area is 158 Å². The lowest BCUT2D eigenvalue weighted by atomic mass is 10.1. The number of nitrogens with zero attached hydrogens (tertiary/aromatic N) is 4. The third-order valence-electron chi connectivity index (χ3n) is 3.55. The molecule has 0 saturated heterocycles. The number of nitrogens with one attached hydrogen (secondary N) is 1. The van der Waals surface area contributed by atoms with Crippen LogP contribution >= 0.6 is 27.7 Å². The van der Waals surface area contributed by atoms with Crippen LogP contribution in [0.2, 0.25) is 0 Å². The zero-order valence-electron chi connectivity index (χ0n) is 13.7. The van der Waals surface area contributed by atoms with E-state index in [4.69, 9.17) is 0 Å². The van der Waals surface area contributed by atoms with E-state index < -0.39 is 0 Å². The SMILES string of the molecule is Cc1ccccc1-c1nnc(SCC(=O)Nc2ccc(Br)cn2)n1C. The van der Waals surface area contributed by atoms with Gasteiger partial charge in [0.05, 0.1) is 5.75 Å². The number of carbonyl (C=O) groups excluding carboxylic acids is 1. The minimum Gasteiger partial charge on any atom is -0.310 e. The van der Waals surface area contributed by atoms with Gasteiger partial charge in [-0.05, 0) is 40.5 Å². The lowest BCUT2D eigenvalue weighted by molar-refractivity contribution is -0.113. The molecule has 0 saturated carbocycles. The van der Waals surface area contributed by atoms with Crippen molar-refractivity contribution in [3.05, 3.63) is 52.6 Å². The van der Waals surface area contributed by atoms with Crippen molar-refractivity contribution in [2.24, 2.45) is 7.05 Å². The molecule has 3 rings (SSSR count). The molecule has 0 aliphatic carbocycles. The van der Waals surface area contributed by atoms with Crippen LogP contribution in [-0.2, 0) is 11.8 Å². The molecule has 1 amide bonds. The van der Waals surface area contributed by atoms with E-state index in [2.05, 4.69) is 36.4 Å². The number of aryl methyl sites for hydroxylation is 1. The molecular formula is C17H16BrN5OS. The van der Waals surface area contributed by atoms with Crippen molar-refractivity contribution in [3.8, 4) is 11.4 Å². The maximum Gasteiger partial charge on any atom is 0.236 e. The molecule has 128 valence electrons. The third kappa shape index (κ3) is 4.26. The number of pyridine rings is 1. The number of aromatic nitrogens is 4. The number of anilines is 1. The second-order valence-electron chi connectivity index (χ2n) is 5.38. The van der Waals surface area contributed by atoms with Crippen molar-refractivity contribution in [3.63, 3.8) is 0 Å². The van der Waals surface area contributed by atoms with Gasteiger partial charge in [0.2, 0.25) is 5.91 Å². The Morgan fingerprint density at radius 2 is 2.04 bits per heavy atom. The van der Waals surface area contributed by atoms with Gasteiger partial charge in [-0.3, -0.25) is 4.79 Å². The quantitative estimate of drug-likeness (QED) is 0.640. The topological polar surface area (TPSA) is 72.7 Å². The fourth-order valence-corrected chi connectivity index (χ4v) is 3.20. The molecule has 2 heterocycles. The van der Waals surface area contributed by atoms with Crippen LogP contribution in [0.25, 0.3) is 11.4 Å². The van der Waals surface area contributed by atoms with Crippen molar-refractivity contribution in [1.29, 1.82) is 0 Å². The second kappa shape index (κ2) is 7.79. The molecule has 25 heavy (non-hydrogen) atoms. The van der Waals surface area contributed by atoms with Crippen LogP contribution in [0, 0.1) is 6.92 Å². The Kier molecular flexibility index (Phi) is 5.50. The molecule has 1 N–H and O–H groups in total. The molecule has 1 aromatic carbocycles. The van der Waals surface area contributed by atoms with Crippen LogP contribution in [0.5, 0.6) is 0 Å². The Balaban J connectivity index is 1.65. The summed E-state index contributed by atoms with van der Waals surface area (Å²) in [7, 11) is 1.90. The Morgan fingerprint density at radius 1 is 1.24 bits per heavy atom. The van der Waals surface area contributed by atoms with Gasteiger partial charge in [0.1, 0.15) is 5.82 Å². The summed E-state index contributed by atoms with van der Waals surface area (Å²) in [4.78, 5) is 16.2. The zero-order valence-corrected chi connectivity index (χ0v) is 16.1. The first-order valence-corrected chi connectivity index (χ1v) is 9.32. The highest BCUT2D eigenvalue weighted by Crippen LogP contribution is 2.25. The van der Waals surface area contributed by atoms with Crippen molar-refractivity contribution < 1.29 is 4.79 Å². The summed E-state index contributed by atoms with van der Waals surface area (Å²) in [6.45, 7) is 2.04. The predicted molar refractivity (Wildman–Crippen MR) is 102 cm³/mol. The van der Waals surface area contributed by atoms with E-state index in [9.17, 15) is 4.79 Å². The minimum absolute atomic E-state index is 0.139. The number of amides is 1. The predicted octanol–water partition coefficient (Wildman–Crippen LogP) is 3.68. The summed E-state index contributed by atoms with van der Waals surface area (Å²) in [5.41, 5.74) is 2.17.